The third-order valence-electron chi connectivity index (χ3n) is 17.0. The average molecular weight is 1280 g/mol. The van der Waals surface area contributed by atoms with E-state index in [2.05, 4.69) is 37.2 Å². The van der Waals surface area contributed by atoms with Gasteiger partial charge in [0.15, 0.2) is 11.3 Å². The zero-order chi connectivity index (χ0) is 63.3. The maximum Gasteiger partial charge on any atom is 0.269 e. The van der Waals surface area contributed by atoms with Gasteiger partial charge in [0, 0.05) is 80.4 Å². The number of pyridine rings is 2. The quantitative estimate of drug-likeness (QED) is 0.0953. The molecule has 0 spiro atoms. The fourth-order valence-electron chi connectivity index (χ4n) is 12.4. The highest BCUT2D eigenvalue weighted by molar-refractivity contribution is 7.90. The fourth-order valence-corrected chi connectivity index (χ4v) is 15.4. The molecule has 10 aromatic rings. The summed E-state index contributed by atoms with van der Waals surface area (Å²) in [7, 11) is -8.09. The molecule has 2 atom stereocenters. The molecule has 0 saturated carbocycles. The van der Waals surface area contributed by atoms with Crippen molar-refractivity contribution < 1.29 is 44.6 Å². The predicted octanol–water partition coefficient (Wildman–Crippen LogP) is 11.1. The number of halogens is 2. The van der Waals surface area contributed by atoms with E-state index in [0.29, 0.717) is 113 Å². The Morgan fingerprint density at radius 2 is 0.989 bits per heavy atom. The van der Waals surface area contributed by atoms with Crippen molar-refractivity contribution in [2.45, 2.75) is 41.3 Å². The Bertz CT molecular complexity index is 4620. The molecule has 4 aliphatic heterocycles. The van der Waals surface area contributed by atoms with E-state index in [4.69, 9.17) is 18.9 Å². The highest BCUT2D eigenvalue weighted by Crippen LogP contribution is 2.41. The van der Waals surface area contributed by atoms with Crippen LogP contribution in [0.4, 0.5) is 20.2 Å². The molecule has 0 radical (unpaired) electrons. The van der Waals surface area contributed by atoms with E-state index in [1.807, 2.05) is 84.9 Å². The van der Waals surface area contributed by atoms with Crippen LogP contribution >= 0.6 is 0 Å². The minimum absolute atomic E-state index is 0.0231. The summed E-state index contributed by atoms with van der Waals surface area (Å²) in [4.78, 5) is 15.6. The lowest BCUT2D eigenvalue weighted by molar-refractivity contribution is 0.0931. The van der Waals surface area contributed by atoms with Gasteiger partial charge in [-0.05, 0) is 150 Å². The number of nitrogens with one attached hydrogen (secondary N) is 1. The van der Waals surface area contributed by atoms with Gasteiger partial charge in [0.1, 0.15) is 35.8 Å². The van der Waals surface area contributed by atoms with Crippen molar-refractivity contribution in [2.24, 2.45) is 0 Å². The third kappa shape index (κ3) is 12.6. The van der Waals surface area contributed by atoms with Gasteiger partial charge in [-0.3, -0.25) is 4.90 Å². The lowest BCUT2D eigenvalue weighted by Gasteiger charge is -2.28. The van der Waals surface area contributed by atoms with E-state index >= 15 is 0 Å². The molecule has 14 rings (SSSR count). The second-order valence-electron chi connectivity index (χ2n) is 22.8. The molecule has 22 heteroatoms. The van der Waals surface area contributed by atoms with Crippen LogP contribution < -0.4 is 24.6 Å². The van der Waals surface area contributed by atoms with Gasteiger partial charge in [-0.25, -0.2) is 43.5 Å². The second-order valence-corrected chi connectivity index (χ2v) is 26.3. The minimum Gasteiger partial charge on any atom is -0.488 e. The van der Waals surface area contributed by atoms with Crippen molar-refractivity contribution >= 4 is 53.5 Å². The number of nitriles is 2. The number of aromatic nitrogens is 4. The van der Waals surface area contributed by atoms with Crippen LogP contribution in [0.2, 0.25) is 0 Å². The van der Waals surface area contributed by atoms with Crippen LogP contribution in [0.5, 0.6) is 11.5 Å². The van der Waals surface area contributed by atoms with Crippen molar-refractivity contribution in [1.82, 2.24) is 28.1 Å². The summed E-state index contributed by atoms with van der Waals surface area (Å²) in [6, 6.07) is 55.0. The van der Waals surface area contributed by atoms with Crippen molar-refractivity contribution in [1.29, 1.82) is 10.5 Å². The number of fused-ring (bicyclic) bond motifs is 2. The second kappa shape index (κ2) is 26.7. The van der Waals surface area contributed by atoms with Crippen LogP contribution in [0.3, 0.4) is 0 Å². The first kappa shape index (κ1) is 61.3. The van der Waals surface area contributed by atoms with E-state index in [0.717, 1.165) is 73.8 Å². The minimum atomic E-state index is -4.07. The number of anilines is 2. The molecule has 4 aliphatic rings. The van der Waals surface area contributed by atoms with Crippen LogP contribution in [0, 0.1) is 22.7 Å². The molecule has 4 fully saturated rings. The Morgan fingerprint density at radius 3 is 1.41 bits per heavy atom. The van der Waals surface area contributed by atoms with Crippen LogP contribution in [0.15, 0.2) is 192 Å². The molecular weight excluding hydrogens is 1210 g/mol. The Kier molecular flexibility index (Phi) is 17.8. The molecule has 18 nitrogen and oxygen atoms in total. The molecular formula is C70H64F2N10O8S2. The van der Waals surface area contributed by atoms with Gasteiger partial charge in [-0.2, -0.15) is 10.5 Å². The molecule has 92 heavy (non-hydrogen) atoms. The topological polar surface area (TPSA) is 210 Å². The standard InChI is InChI=1S/C36H33F2N5O4S.C34H31N5O4S/c37-35(38)24-41-15-13-29(23-41)47-34-11-8-26(20-27(34)22-39)31-12-14-40-36-32(31)21-33(43(36)48(44,45)30-4-2-1-3-5-30)25-6-9-28(10-7-25)42-16-18-46-19-17-42;35-22-26-20-25(8-11-33(26)43-28-12-14-36-23-28)30-13-15-37-34-31(30)21-32(39(34)44(40,41)29-4-2-1-3-5-29)24-6-9-27(10-7-24)38-16-18-42-19-17-38/h1-12,14,20-21,29,35H,13,15-19,23-24H2;1-11,13,15,20-21,28,36H,12,14,16-19,23H2/t29-;28-/m11/s1. The molecule has 8 heterocycles. The Hall–Kier alpha value is -9.52. The lowest BCUT2D eigenvalue weighted by atomic mass is 10.0. The van der Waals surface area contributed by atoms with E-state index in [1.54, 1.807) is 102 Å². The first-order valence-corrected chi connectivity index (χ1v) is 33.3. The molecule has 6 aromatic carbocycles. The lowest BCUT2D eigenvalue weighted by Crippen LogP contribution is -2.36. The fraction of sp³-hybridized carbons (Fsp3) is 0.257. The zero-order valence-corrected chi connectivity index (χ0v) is 51.7. The monoisotopic (exact) mass is 1270 g/mol. The highest BCUT2D eigenvalue weighted by Gasteiger charge is 2.31. The van der Waals surface area contributed by atoms with Crippen molar-refractivity contribution in [3.63, 3.8) is 0 Å². The maximum atomic E-state index is 14.3. The normalized spacial score (nSPS) is 17.1. The summed E-state index contributed by atoms with van der Waals surface area (Å²) >= 11 is 0. The van der Waals surface area contributed by atoms with Gasteiger partial charge in [0.05, 0.1) is 65.3 Å². The number of morpholine rings is 2. The number of likely N-dealkylation sites (tertiary alicyclic amines) is 1. The van der Waals surface area contributed by atoms with E-state index < -0.39 is 26.5 Å². The zero-order valence-electron chi connectivity index (χ0n) is 50.0. The highest BCUT2D eigenvalue weighted by atomic mass is 32.2. The molecule has 0 unspecified atom stereocenters. The molecule has 4 saturated heterocycles. The Labute approximate surface area is 532 Å². The summed E-state index contributed by atoms with van der Waals surface area (Å²) in [6.07, 6.45) is 1.95. The number of rotatable bonds is 16. The maximum absolute atomic E-state index is 14.3. The van der Waals surface area contributed by atoms with Crippen LogP contribution in [0.25, 0.3) is 66.8 Å². The summed E-state index contributed by atoms with van der Waals surface area (Å²) in [6.45, 7) is 8.04. The van der Waals surface area contributed by atoms with E-state index in [-0.39, 0.29) is 34.2 Å². The average Bonchev–Trinajstić information content (AvgIpc) is 1.75. The number of benzene rings is 6. The van der Waals surface area contributed by atoms with Crippen LogP contribution in [-0.4, -0.2) is 144 Å². The van der Waals surface area contributed by atoms with E-state index in [1.165, 1.54) is 7.94 Å². The smallest absolute Gasteiger partial charge is 0.269 e. The molecule has 0 aliphatic carbocycles. The first-order chi connectivity index (χ1) is 44.8. The van der Waals surface area contributed by atoms with Crippen LogP contribution in [0.1, 0.15) is 24.0 Å². The number of hydrogen-bond donors (Lipinski definition) is 1. The van der Waals surface area contributed by atoms with Crippen molar-refractivity contribution in [3.05, 3.63) is 193 Å². The molecule has 0 bridgehead atoms. The summed E-state index contributed by atoms with van der Waals surface area (Å²) in [5.74, 6) is 0.918. The SMILES string of the molecule is N#Cc1cc(-c2ccnc3c2cc(-c2ccc(N4CCOCC4)cc2)n3S(=O)(=O)c2ccccc2)ccc1O[C@@H]1CCN(CC(F)F)C1.N#Cc1cc(-c2ccnc3c2cc(-c2ccc(N4CCOCC4)cc2)n3S(=O)(=O)c2ccccc2)ccc1O[C@@H]1CCNC1. The van der Waals surface area contributed by atoms with Gasteiger partial charge in [0.2, 0.25) is 0 Å². The number of alkyl halides is 2. The van der Waals surface area contributed by atoms with Gasteiger partial charge in [-0.15, -0.1) is 0 Å². The van der Waals surface area contributed by atoms with Gasteiger partial charge >= 0.3 is 0 Å². The number of hydrogen-bond acceptors (Lipinski definition) is 16. The van der Waals surface area contributed by atoms with Gasteiger partial charge in [-0.1, -0.05) is 72.8 Å². The molecule has 468 valence electrons. The van der Waals surface area contributed by atoms with Crippen LogP contribution in [-0.2, 0) is 29.5 Å². The largest absolute Gasteiger partial charge is 0.488 e. The summed E-state index contributed by atoms with van der Waals surface area (Å²) < 4.78 is 108. The molecule has 4 aromatic heterocycles. The van der Waals surface area contributed by atoms with Gasteiger partial charge < -0.3 is 34.1 Å². The van der Waals surface area contributed by atoms with E-state index in [9.17, 15) is 36.1 Å². The van der Waals surface area contributed by atoms with Crippen molar-refractivity contribution in [2.75, 3.05) is 95.1 Å². The third-order valence-corrected chi connectivity index (χ3v) is 20.5. The first-order valence-electron chi connectivity index (χ1n) is 30.5. The Morgan fingerprint density at radius 1 is 0.543 bits per heavy atom. The summed E-state index contributed by atoms with van der Waals surface area (Å²) in [5, 5.41) is 24.6. The summed E-state index contributed by atoms with van der Waals surface area (Å²) in [5.41, 5.74) is 8.71. The number of ether oxygens (including phenoxy) is 4. The Balaban J connectivity index is 0.000000169. The molecule has 0 amide bonds. The predicted molar refractivity (Wildman–Crippen MR) is 348 cm³/mol. The molecule has 1 N–H and O–H groups in total. The number of nitrogens with zero attached hydrogens (tertiary/aromatic N) is 9. The van der Waals surface area contributed by atoms with Crippen molar-refractivity contribution in [3.8, 4) is 68.4 Å². The van der Waals surface area contributed by atoms with Gasteiger partial charge in [0.25, 0.3) is 26.5 Å².